The van der Waals surface area contributed by atoms with Crippen molar-refractivity contribution >= 4 is 16.0 Å². The summed E-state index contributed by atoms with van der Waals surface area (Å²) in [5.41, 5.74) is 0.208. The van der Waals surface area contributed by atoms with Crippen LogP contribution in [0, 0.1) is 5.92 Å². The first-order valence-electron chi connectivity index (χ1n) is 7.68. The van der Waals surface area contributed by atoms with Gasteiger partial charge in [0.25, 0.3) is 0 Å². The molecule has 2 rings (SSSR count). The van der Waals surface area contributed by atoms with Crippen molar-refractivity contribution in [2.45, 2.75) is 31.7 Å². The van der Waals surface area contributed by atoms with Crippen LogP contribution in [0.5, 0.6) is 0 Å². The van der Waals surface area contributed by atoms with Gasteiger partial charge in [0.05, 0.1) is 29.9 Å². The number of benzene rings is 1. The van der Waals surface area contributed by atoms with Crippen molar-refractivity contribution < 1.29 is 22.4 Å². The molecule has 1 aromatic carbocycles. The fourth-order valence-electron chi connectivity index (χ4n) is 1.92. The number of sulfonamides is 1. The van der Waals surface area contributed by atoms with Gasteiger partial charge in [-0.05, 0) is 42.7 Å². The SMILES string of the molecule is CC(C)CCOC(=O)c1cccc(S(=O)(=O)NCc2ccco2)c1. The monoisotopic (exact) mass is 351 g/mol. The zero-order valence-corrected chi connectivity index (χ0v) is 14.5. The topological polar surface area (TPSA) is 85.6 Å². The number of rotatable bonds is 8. The molecule has 7 heteroatoms. The van der Waals surface area contributed by atoms with E-state index < -0.39 is 16.0 Å². The Bertz CT molecular complexity index is 766. The van der Waals surface area contributed by atoms with E-state index in [2.05, 4.69) is 4.72 Å². The molecule has 6 nitrogen and oxygen atoms in total. The Kier molecular flexibility index (Phi) is 6.16. The summed E-state index contributed by atoms with van der Waals surface area (Å²) in [6.45, 7) is 4.42. The highest BCUT2D eigenvalue weighted by atomic mass is 32.2. The van der Waals surface area contributed by atoms with E-state index in [-0.39, 0.29) is 17.0 Å². The van der Waals surface area contributed by atoms with E-state index in [4.69, 9.17) is 9.15 Å². The standard InChI is InChI=1S/C17H21NO5S/c1-13(2)8-10-23-17(19)14-5-3-7-16(11-14)24(20,21)18-12-15-6-4-9-22-15/h3-7,9,11,13,18H,8,10,12H2,1-2H3. The first-order chi connectivity index (χ1) is 11.4. The van der Waals surface area contributed by atoms with Gasteiger partial charge in [-0.25, -0.2) is 17.9 Å². The van der Waals surface area contributed by atoms with Crippen molar-refractivity contribution in [1.29, 1.82) is 0 Å². The minimum atomic E-state index is -3.74. The fourth-order valence-corrected chi connectivity index (χ4v) is 2.96. The molecule has 1 aromatic heterocycles. The van der Waals surface area contributed by atoms with E-state index in [1.807, 2.05) is 13.8 Å². The summed E-state index contributed by atoms with van der Waals surface area (Å²) in [7, 11) is -3.74. The fraction of sp³-hybridized carbons (Fsp3) is 0.353. The normalized spacial score (nSPS) is 11.6. The van der Waals surface area contributed by atoms with Crippen LogP contribution in [-0.2, 0) is 21.3 Å². The molecule has 0 amide bonds. The number of ether oxygens (including phenoxy) is 1. The van der Waals surface area contributed by atoms with Crippen molar-refractivity contribution in [3.63, 3.8) is 0 Å². The zero-order chi connectivity index (χ0) is 17.6. The quantitative estimate of drug-likeness (QED) is 0.739. The third kappa shape index (κ3) is 5.21. The number of hydrogen-bond donors (Lipinski definition) is 1. The molecule has 0 spiro atoms. The highest BCUT2D eigenvalue weighted by Gasteiger charge is 2.17. The third-order valence-electron chi connectivity index (χ3n) is 3.32. The predicted octanol–water partition coefficient (Wildman–Crippen LogP) is 2.96. The molecule has 0 saturated heterocycles. The molecule has 2 aromatic rings. The Balaban J connectivity index is 2.04. The molecule has 0 fully saturated rings. The minimum absolute atomic E-state index is 0.00682. The predicted molar refractivity (Wildman–Crippen MR) is 88.9 cm³/mol. The van der Waals surface area contributed by atoms with Gasteiger partial charge in [0.2, 0.25) is 10.0 Å². The van der Waals surface area contributed by atoms with E-state index in [9.17, 15) is 13.2 Å². The van der Waals surface area contributed by atoms with Crippen LogP contribution in [0.4, 0.5) is 0 Å². The maximum atomic E-state index is 12.3. The number of carbonyl (C=O) groups is 1. The van der Waals surface area contributed by atoms with Crippen molar-refractivity contribution in [1.82, 2.24) is 4.72 Å². The van der Waals surface area contributed by atoms with Crippen LogP contribution in [-0.4, -0.2) is 21.0 Å². The third-order valence-corrected chi connectivity index (χ3v) is 4.72. The van der Waals surface area contributed by atoms with E-state index in [0.29, 0.717) is 18.3 Å². The highest BCUT2D eigenvalue weighted by molar-refractivity contribution is 7.89. The molecular weight excluding hydrogens is 330 g/mol. The number of carbonyl (C=O) groups excluding carboxylic acids is 1. The maximum absolute atomic E-state index is 12.3. The Morgan fingerprint density at radius 2 is 2.04 bits per heavy atom. The molecule has 1 heterocycles. The first kappa shape index (κ1) is 18.2. The summed E-state index contributed by atoms with van der Waals surface area (Å²) in [6, 6.07) is 9.13. The van der Waals surface area contributed by atoms with Gasteiger partial charge in [0.15, 0.2) is 0 Å². The summed E-state index contributed by atoms with van der Waals surface area (Å²) in [5.74, 6) is 0.400. The van der Waals surface area contributed by atoms with E-state index in [1.165, 1.54) is 30.5 Å². The molecule has 0 aliphatic carbocycles. The maximum Gasteiger partial charge on any atom is 0.338 e. The molecule has 0 saturated carbocycles. The molecule has 0 bridgehead atoms. The molecular formula is C17H21NO5S. The Hall–Kier alpha value is -2.12. The summed E-state index contributed by atoms with van der Waals surface area (Å²) in [4.78, 5) is 12.0. The number of nitrogens with one attached hydrogen (secondary N) is 1. The molecule has 24 heavy (non-hydrogen) atoms. The lowest BCUT2D eigenvalue weighted by Crippen LogP contribution is -2.23. The lowest BCUT2D eigenvalue weighted by atomic mass is 10.1. The second-order valence-corrected chi connectivity index (χ2v) is 7.52. The number of furan rings is 1. The molecule has 0 aliphatic rings. The summed E-state index contributed by atoms with van der Waals surface area (Å²) in [5, 5.41) is 0. The second-order valence-electron chi connectivity index (χ2n) is 5.75. The van der Waals surface area contributed by atoms with Gasteiger partial charge >= 0.3 is 5.97 Å². The van der Waals surface area contributed by atoms with Gasteiger partial charge in [-0.15, -0.1) is 0 Å². The van der Waals surface area contributed by atoms with Crippen LogP contribution in [0.25, 0.3) is 0 Å². The number of esters is 1. The van der Waals surface area contributed by atoms with Gasteiger partial charge in [-0.1, -0.05) is 19.9 Å². The molecule has 0 atom stereocenters. The smallest absolute Gasteiger partial charge is 0.338 e. The van der Waals surface area contributed by atoms with Crippen molar-refractivity contribution in [2.24, 2.45) is 5.92 Å². The van der Waals surface area contributed by atoms with Gasteiger partial charge in [-0.3, -0.25) is 0 Å². The average molecular weight is 351 g/mol. The highest BCUT2D eigenvalue weighted by Crippen LogP contribution is 2.14. The van der Waals surface area contributed by atoms with Gasteiger partial charge in [0.1, 0.15) is 5.76 Å². The van der Waals surface area contributed by atoms with E-state index >= 15 is 0 Å². The first-order valence-corrected chi connectivity index (χ1v) is 9.16. The van der Waals surface area contributed by atoms with Crippen molar-refractivity contribution in [3.8, 4) is 0 Å². The Morgan fingerprint density at radius 1 is 1.25 bits per heavy atom. The molecule has 130 valence electrons. The molecule has 1 N–H and O–H groups in total. The van der Waals surface area contributed by atoms with Crippen LogP contribution in [0.2, 0.25) is 0 Å². The van der Waals surface area contributed by atoms with Crippen LogP contribution in [0.3, 0.4) is 0 Å². The van der Waals surface area contributed by atoms with E-state index in [1.54, 1.807) is 12.1 Å². The molecule has 0 radical (unpaired) electrons. The Labute approximate surface area is 141 Å². The summed E-state index contributed by atoms with van der Waals surface area (Å²) >= 11 is 0. The lowest BCUT2D eigenvalue weighted by Gasteiger charge is -2.09. The van der Waals surface area contributed by atoms with Gasteiger partial charge in [0, 0.05) is 0 Å². The van der Waals surface area contributed by atoms with Gasteiger partial charge in [-0.2, -0.15) is 0 Å². The molecule has 0 aliphatic heterocycles. The zero-order valence-electron chi connectivity index (χ0n) is 13.7. The van der Waals surface area contributed by atoms with Crippen molar-refractivity contribution in [2.75, 3.05) is 6.61 Å². The van der Waals surface area contributed by atoms with Crippen LogP contribution < -0.4 is 4.72 Å². The second kappa shape index (κ2) is 8.12. The summed E-state index contributed by atoms with van der Waals surface area (Å²) < 4.78 is 37.3. The van der Waals surface area contributed by atoms with Crippen LogP contribution in [0.15, 0.2) is 52.0 Å². The molecule has 0 unspecified atom stereocenters. The summed E-state index contributed by atoms with van der Waals surface area (Å²) in [6.07, 6.45) is 2.23. The van der Waals surface area contributed by atoms with E-state index in [0.717, 1.165) is 6.42 Å². The largest absolute Gasteiger partial charge is 0.468 e. The Morgan fingerprint density at radius 3 is 2.71 bits per heavy atom. The average Bonchev–Trinajstić information content (AvgIpc) is 3.06. The van der Waals surface area contributed by atoms with Crippen LogP contribution in [0.1, 0.15) is 36.4 Å². The van der Waals surface area contributed by atoms with Gasteiger partial charge < -0.3 is 9.15 Å². The van der Waals surface area contributed by atoms with Crippen LogP contribution >= 0.6 is 0 Å². The number of hydrogen-bond acceptors (Lipinski definition) is 5. The lowest BCUT2D eigenvalue weighted by molar-refractivity contribution is 0.0488. The minimum Gasteiger partial charge on any atom is -0.468 e. The van der Waals surface area contributed by atoms with Crippen molar-refractivity contribution in [3.05, 3.63) is 54.0 Å².